The first kappa shape index (κ1) is 18.6. The molecule has 0 aliphatic carbocycles. The molecule has 26 heavy (non-hydrogen) atoms. The summed E-state index contributed by atoms with van der Waals surface area (Å²) in [5, 5.41) is 0.211. The summed E-state index contributed by atoms with van der Waals surface area (Å²) in [6.45, 7) is 4.13. The van der Waals surface area contributed by atoms with Gasteiger partial charge in [0.2, 0.25) is 10.0 Å². The number of hydrogen-bond acceptors (Lipinski definition) is 4. The van der Waals surface area contributed by atoms with Crippen molar-refractivity contribution in [3.05, 3.63) is 76.8 Å². The van der Waals surface area contributed by atoms with E-state index < -0.39 is 16.0 Å². The SMILES string of the molecule is C=C(Cl)COC(=O)c1ccc(S(=O)(=O)N2CCc3ccccc3C2)cc1. The van der Waals surface area contributed by atoms with Gasteiger partial charge in [-0.15, -0.1) is 0 Å². The van der Waals surface area contributed by atoms with Crippen LogP contribution < -0.4 is 0 Å². The summed E-state index contributed by atoms with van der Waals surface area (Å²) in [5.74, 6) is -0.581. The van der Waals surface area contributed by atoms with E-state index in [2.05, 4.69) is 6.58 Å². The first-order valence-corrected chi connectivity index (χ1v) is 9.87. The Balaban J connectivity index is 1.76. The van der Waals surface area contributed by atoms with Crippen LogP contribution in [0.3, 0.4) is 0 Å². The number of rotatable bonds is 5. The molecule has 2 aromatic rings. The second-order valence-corrected chi connectivity index (χ2v) is 8.45. The molecule has 0 spiro atoms. The van der Waals surface area contributed by atoms with Crippen LogP contribution in [0.4, 0.5) is 0 Å². The van der Waals surface area contributed by atoms with Gasteiger partial charge in [0.25, 0.3) is 0 Å². The lowest BCUT2D eigenvalue weighted by molar-refractivity contribution is 0.0546. The van der Waals surface area contributed by atoms with Crippen molar-refractivity contribution in [2.45, 2.75) is 17.9 Å². The number of hydrogen-bond donors (Lipinski definition) is 0. The van der Waals surface area contributed by atoms with Crippen molar-refractivity contribution < 1.29 is 17.9 Å². The van der Waals surface area contributed by atoms with E-state index in [1.165, 1.54) is 34.1 Å². The molecule has 1 aliphatic heterocycles. The number of ether oxygens (including phenoxy) is 1. The summed E-state index contributed by atoms with van der Waals surface area (Å²) >= 11 is 5.56. The number of sulfonamides is 1. The van der Waals surface area contributed by atoms with Crippen molar-refractivity contribution in [3.63, 3.8) is 0 Å². The maximum Gasteiger partial charge on any atom is 0.338 e. The normalized spacial score (nSPS) is 14.5. The second-order valence-electron chi connectivity index (χ2n) is 5.98. The zero-order valence-electron chi connectivity index (χ0n) is 14.0. The van der Waals surface area contributed by atoms with Crippen molar-refractivity contribution in [1.82, 2.24) is 4.31 Å². The number of halogens is 1. The maximum absolute atomic E-state index is 12.9. The summed E-state index contributed by atoms with van der Waals surface area (Å²) < 4.78 is 32.1. The Morgan fingerprint density at radius 2 is 1.77 bits per heavy atom. The zero-order valence-corrected chi connectivity index (χ0v) is 15.6. The summed E-state index contributed by atoms with van der Waals surface area (Å²) in [6.07, 6.45) is 0.683. The average Bonchev–Trinajstić information content (AvgIpc) is 2.65. The molecule has 0 saturated carbocycles. The van der Waals surface area contributed by atoms with Gasteiger partial charge < -0.3 is 4.74 Å². The molecule has 2 aromatic carbocycles. The van der Waals surface area contributed by atoms with Crippen molar-refractivity contribution in [1.29, 1.82) is 0 Å². The van der Waals surface area contributed by atoms with Crippen LogP contribution in [0.1, 0.15) is 21.5 Å². The van der Waals surface area contributed by atoms with Crippen LogP contribution in [0.25, 0.3) is 0 Å². The molecule has 0 unspecified atom stereocenters. The molecular formula is C19H18ClNO4S. The molecule has 0 aromatic heterocycles. The molecule has 5 nitrogen and oxygen atoms in total. The van der Waals surface area contributed by atoms with E-state index in [4.69, 9.17) is 16.3 Å². The quantitative estimate of drug-likeness (QED) is 0.733. The molecule has 0 atom stereocenters. The molecule has 0 fully saturated rings. The van der Waals surface area contributed by atoms with Gasteiger partial charge in [-0.1, -0.05) is 42.4 Å². The highest BCUT2D eigenvalue weighted by Gasteiger charge is 2.28. The number of fused-ring (bicyclic) bond motifs is 1. The predicted octanol–water partition coefficient (Wildman–Crippen LogP) is 3.34. The molecule has 7 heteroatoms. The third-order valence-corrected chi connectivity index (χ3v) is 6.15. The van der Waals surface area contributed by atoms with Gasteiger partial charge >= 0.3 is 5.97 Å². The molecule has 0 saturated heterocycles. The van der Waals surface area contributed by atoms with Gasteiger partial charge in [0.05, 0.1) is 10.5 Å². The molecule has 136 valence electrons. The lowest BCUT2D eigenvalue weighted by Gasteiger charge is -2.28. The lowest BCUT2D eigenvalue weighted by atomic mass is 10.0. The Labute approximate surface area is 157 Å². The van der Waals surface area contributed by atoms with Gasteiger partial charge in [-0.25, -0.2) is 13.2 Å². The summed E-state index contributed by atoms with van der Waals surface area (Å²) in [4.78, 5) is 12.0. The number of carbonyl (C=O) groups is 1. The van der Waals surface area contributed by atoms with Crippen molar-refractivity contribution in [2.75, 3.05) is 13.2 Å². The van der Waals surface area contributed by atoms with E-state index in [0.29, 0.717) is 19.5 Å². The smallest absolute Gasteiger partial charge is 0.338 e. The van der Waals surface area contributed by atoms with Crippen LogP contribution in [-0.2, 0) is 27.7 Å². The van der Waals surface area contributed by atoms with Crippen LogP contribution in [0.15, 0.2) is 65.0 Å². The van der Waals surface area contributed by atoms with Gasteiger partial charge in [0.1, 0.15) is 6.61 Å². The highest BCUT2D eigenvalue weighted by atomic mass is 35.5. The van der Waals surface area contributed by atoms with Crippen molar-refractivity contribution in [2.24, 2.45) is 0 Å². The molecule has 0 bridgehead atoms. The number of benzene rings is 2. The second kappa shape index (κ2) is 7.61. The van der Waals surface area contributed by atoms with Crippen LogP contribution in [0.2, 0.25) is 0 Å². The van der Waals surface area contributed by atoms with Crippen LogP contribution in [0, 0.1) is 0 Å². The standard InChI is InChI=1S/C19H18ClNO4S/c1-14(20)13-25-19(22)16-6-8-18(9-7-16)26(23,24)21-11-10-15-4-2-3-5-17(15)12-21/h2-9H,1,10-13H2. The van der Waals surface area contributed by atoms with Gasteiger partial charge in [-0.3, -0.25) is 0 Å². The number of esters is 1. The topological polar surface area (TPSA) is 63.7 Å². The van der Waals surface area contributed by atoms with Crippen LogP contribution >= 0.6 is 11.6 Å². The minimum absolute atomic E-state index is 0.0897. The summed E-state index contributed by atoms with van der Waals surface area (Å²) in [5.41, 5.74) is 2.45. The van der Waals surface area contributed by atoms with E-state index in [1.807, 2.05) is 24.3 Å². The van der Waals surface area contributed by atoms with E-state index >= 15 is 0 Å². The summed E-state index contributed by atoms with van der Waals surface area (Å²) in [6, 6.07) is 13.5. The molecule has 1 heterocycles. The van der Waals surface area contributed by atoms with Gasteiger partial charge in [0.15, 0.2) is 0 Å². The number of nitrogens with zero attached hydrogens (tertiary/aromatic N) is 1. The van der Waals surface area contributed by atoms with E-state index in [9.17, 15) is 13.2 Å². The fourth-order valence-corrected chi connectivity index (χ4v) is 4.29. The van der Waals surface area contributed by atoms with Crippen molar-refractivity contribution in [3.8, 4) is 0 Å². The average molecular weight is 392 g/mol. The zero-order chi connectivity index (χ0) is 18.7. The molecule has 0 N–H and O–H groups in total. The van der Waals surface area contributed by atoms with E-state index in [1.54, 1.807) is 0 Å². The maximum atomic E-state index is 12.9. The summed E-state index contributed by atoms with van der Waals surface area (Å²) in [7, 11) is -3.63. The highest BCUT2D eigenvalue weighted by molar-refractivity contribution is 7.89. The molecular weight excluding hydrogens is 374 g/mol. The largest absolute Gasteiger partial charge is 0.456 e. The minimum atomic E-state index is -3.63. The Bertz CT molecular complexity index is 938. The van der Waals surface area contributed by atoms with E-state index in [0.717, 1.165) is 5.56 Å². The Hall–Kier alpha value is -2.15. The Kier molecular flexibility index (Phi) is 5.46. The molecule has 3 rings (SSSR count). The molecule has 1 aliphatic rings. The lowest BCUT2D eigenvalue weighted by Crippen LogP contribution is -2.35. The third-order valence-electron chi connectivity index (χ3n) is 4.18. The Morgan fingerprint density at radius 3 is 2.42 bits per heavy atom. The fraction of sp³-hybridized carbons (Fsp3) is 0.211. The van der Waals surface area contributed by atoms with Gasteiger partial charge in [-0.05, 0) is 41.8 Å². The van der Waals surface area contributed by atoms with Crippen LogP contribution in [-0.4, -0.2) is 31.8 Å². The van der Waals surface area contributed by atoms with Gasteiger partial charge in [-0.2, -0.15) is 4.31 Å². The highest BCUT2D eigenvalue weighted by Crippen LogP contribution is 2.25. The van der Waals surface area contributed by atoms with Crippen LogP contribution in [0.5, 0.6) is 0 Å². The van der Waals surface area contributed by atoms with E-state index in [-0.39, 0.29) is 22.1 Å². The first-order chi connectivity index (χ1) is 12.4. The molecule has 0 radical (unpaired) electrons. The minimum Gasteiger partial charge on any atom is -0.456 e. The monoisotopic (exact) mass is 391 g/mol. The Morgan fingerprint density at radius 1 is 1.12 bits per heavy atom. The predicted molar refractivity (Wildman–Crippen MR) is 99.5 cm³/mol. The third kappa shape index (κ3) is 3.98. The van der Waals surface area contributed by atoms with Crippen molar-refractivity contribution >= 4 is 27.6 Å². The fourth-order valence-electron chi connectivity index (χ4n) is 2.81. The molecule has 0 amide bonds. The number of carbonyl (C=O) groups excluding carboxylic acids is 1. The van der Waals surface area contributed by atoms with Gasteiger partial charge in [0, 0.05) is 18.1 Å². The first-order valence-electron chi connectivity index (χ1n) is 8.05.